The Balaban J connectivity index is 1.72. The number of carbonyl (C=O) groups is 1. The van der Waals surface area contributed by atoms with Gasteiger partial charge in [0.15, 0.2) is 5.78 Å². The topological polar surface area (TPSA) is 93.4 Å². The van der Waals surface area contributed by atoms with Crippen molar-refractivity contribution in [1.29, 1.82) is 0 Å². The summed E-state index contributed by atoms with van der Waals surface area (Å²) in [5, 5.41) is 0.568. The highest BCUT2D eigenvalue weighted by Gasteiger charge is 2.23. The zero-order valence-corrected chi connectivity index (χ0v) is 15.8. The molecular weight excluding hydrogens is 390 g/mol. The van der Waals surface area contributed by atoms with Crippen molar-refractivity contribution in [2.45, 2.75) is 4.90 Å². The second-order valence-corrected chi connectivity index (χ2v) is 7.95. The molecule has 0 fully saturated rings. The summed E-state index contributed by atoms with van der Waals surface area (Å²) in [6.07, 6.45) is 0. The lowest BCUT2D eigenvalue weighted by atomic mass is 10.0. The molecule has 0 unspecified atom stereocenters. The van der Waals surface area contributed by atoms with Crippen LogP contribution in [0.5, 0.6) is 0 Å². The smallest absolute Gasteiger partial charge is 0.336 e. The van der Waals surface area contributed by atoms with E-state index in [1.807, 2.05) is 0 Å². The normalized spacial score (nSPS) is 11.3. The van der Waals surface area contributed by atoms with Gasteiger partial charge in [0.1, 0.15) is 5.58 Å². The molecule has 7 heteroatoms. The number of rotatable bonds is 5. The summed E-state index contributed by atoms with van der Waals surface area (Å²) in [5.41, 5.74) is 0.626. The van der Waals surface area contributed by atoms with Crippen molar-refractivity contribution in [1.82, 2.24) is 0 Å². The minimum Gasteiger partial charge on any atom is -0.423 e. The van der Waals surface area contributed by atoms with Crippen LogP contribution >= 0.6 is 0 Å². The van der Waals surface area contributed by atoms with Crippen molar-refractivity contribution >= 4 is 32.5 Å². The van der Waals surface area contributed by atoms with Gasteiger partial charge in [0.2, 0.25) is 0 Å². The number of ketones is 1. The fourth-order valence-corrected chi connectivity index (χ4v) is 4.23. The molecule has 0 radical (unpaired) electrons. The summed E-state index contributed by atoms with van der Waals surface area (Å²) in [4.78, 5) is 24.0. The molecule has 0 aliphatic rings. The van der Waals surface area contributed by atoms with Crippen molar-refractivity contribution < 1.29 is 17.6 Å². The van der Waals surface area contributed by atoms with Crippen LogP contribution in [0.15, 0.2) is 99.0 Å². The standard InChI is InChI=1S/C22H15NO5S/c24-21-13-10-16-14-17(11-12-19(16)28-21)23-29(26,27)20-9-5-4-8-18(20)22(25)15-6-2-1-3-7-15/h1-14,23H. The molecule has 0 amide bonds. The Morgan fingerprint density at radius 2 is 1.55 bits per heavy atom. The zero-order valence-electron chi connectivity index (χ0n) is 15.0. The summed E-state index contributed by atoms with van der Waals surface area (Å²) >= 11 is 0. The van der Waals surface area contributed by atoms with Gasteiger partial charge in [-0.3, -0.25) is 9.52 Å². The van der Waals surface area contributed by atoms with E-state index in [1.165, 1.54) is 30.3 Å². The van der Waals surface area contributed by atoms with E-state index in [4.69, 9.17) is 4.42 Å². The molecule has 0 saturated carbocycles. The summed E-state index contributed by atoms with van der Waals surface area (Å²) in [6, 6.07) is 21.9. The Morgan fingerprint density at radius 1 is 0.828 bits per heavy atom. The Morgan fingerprint density at radius 3 is 2.34 bits per heavy atom. The molecule has 144 valence electrons. The molecule has 0 aliphatic carbocycles. The number of fused-ring (bicyclic) bond motifs is 1. The second-order valence-electron chi connectivity index (χ2n) is 6.30. The number of hydrogen-bond acceptors (Lipinski definition) is 5. The van der Waals surface area contributed by atoms with E-state index in [0.29, 0.717) is 16.5 Å². The molecule has 0 atom stereocenters. The lowest BCUT2D eigenvalue weighted by Gasteiger charge is -2.12. The minimum atomic E-state index is -4.04. The molecule has 29 heavy (non-hydrogen) atoms. The second kappa shape index (κ2) is 7.37. The van der Waals surface area contributed by atoms with E-state index in [-0.39, 0.29) is 21.9 Å². The van der Waals surface area contributed by atoms with Crippen LogP contribution in [0.25, 0.3) is 11.0 Å². The van der Waals surface area contributed by atoms with Gasteiger partial charge >= 0.3 is 5.63 Å². The van der Waals surface area contributed by atoms with Gasteiger partial charge in [0.05, 0.1) is 4.90 Å². The number of nitrogens with one attached hydrogen (secondary N) is 1. The maximum absolute atomic E-state index is 13.0. The summed E-state index contributed by atoms with van der Waals surface area (Å²) in [5.74, 6) is -0.383. The minimum absolute atomic E-state index is 0.0815. The molecule has 6 nitrogen and oxygen atoms in total. The van der Waals surface area contributed by atoms with Crippen LogP contribution in [0.2, 0.25) is 0 Å². The monoisotopic (exact) mass is 405 g/mol. The Bertz CT molecular complexity index is 1380. The van der Waals surface area contributed by atoms with Gasteiger partial charge in [-0.25, -0.2) is 13.2 Å². The largest absolute Gasteiger partial charge is 0.423 e. The maximum atomic E-state index is 13.0. The molecule has 0 bridgehead atoms. The van der Waals surface area contributed by atoms with Crippen LogP contribution < -0.4 is 10.3 Å². The summed E-state index contributed by atoms with van der Waals surface area (Å²) in [7, 11) is -4.04. The van der Waals surface area contributed by atoms with Crippen LogP contribution in [0.4, 0.5) is 5.69 Å². The number of anilines is 1. The summed E-state index contributed by atoms with van der Waals surface area (Å²) in [6.45, 7) is 0. The number of benzene rings is 3. The van der Waals surface area contributed by atoms with E-state index >= 15 is 0 Å². The first-order valence-electron chi connectivity index (χ1n) is 8.69. The first-order valence-corrected chi connectivity index (χ1v) is 10.2. The molecule has 0 aliphatic heterocycles. The number of hydrogen-bond donors (Lipinski definition) is 1. The highest BCUT2D eigenvalue weighted by molar-refractivity contribution is 7.92. The Hall–Kier alpha value is -3.71. The first-order chi connectivity index (χ1) is 13.9. The van der Waals surface area contributed by atoms with Gasteiger partial charge in [-0.1, -0.05) is 42.5 Å². The van der Waals surface area contributed by atoms with E-state index in [2.05, 4.69) is 4.72 Å². The average molecular weight is 405 g/mol. The fraction of sp³-hybridized carbons (Fsp3) is 0. The highest BCUT2D eigenvalue weighted by atomic mass is 32.2. The van der Waals surface area contributed by atoms with Crippen LogP contribution in [0.1, 0.15) is 15.9 Å². The van der Waals surface area contributed by atoms with Crippen LogP contribution in [-0.2, 0) is 10.0 Å². The van der Waals surface area contributed by atoms with Gasteiger partial charge in [-0.15, -0.1) is 0 Å². The third kappa shape index (κ3) is 3.81. The average Bonchev–Trinajstić information content (AvgIpc) is 2.74. The highest BCUT2D eigenvalue weighted by Crippen LogP contribution is 2.24. The van der Waals surface area contributed by atoms with E-state index < -0.39 is 15.6 Å². The molecular formula is C22H15NO5S. The molecule has 1 aromatic heterocycles. The predicted molar refractivity (Wildman–Crippen MR) is 110 cm³/mol. The zero-order chi connectivity index (χ0) is 20.4. The molecule has 1 N–H and O–H groups in total. The van der Waals surface area contributed by atoms with E-state index in [0.717, 1.165) is 0 Å². The molecule has 0 saturated heterocycles. The molecule has 1 heterocycles. The quantitative estimate of drug-likeness (QED) is 0.402. The van der Waals surface area contributed by atoms with Crippen LogP contribution in [-0.4, -0.2) is 14.2 Å². The Labute approximate surface area is 166 Å². The lowest BCUT2D eigenvalue weighted by Crippen LogP contribution is -2.17. The van der Waals surface area contributed by atoms with Crippen LogP contribution in [0, 0.1) is 0 Å². The van der Waals surface area contributed by atoms with E-state index in [9.17, 15) is 18.0 Å². The van der Waals surface area contributed by atoms with Gasteiger partial charge < -0.3 is 4.42 Å². The number of sulfonamides is 1. The van der Waals surface area contributed by atoms with Crippen molar-refractivity contribution in [2.24, 2.45) is 0 Å². The summed E-state index contributed by atoms with van der Waals surface area (Å²) < 4.78 is 33.6. The van der Waals surface area contributed by atoms with Gasteiger partial charge in [-0.05, 0) is 36.4 Å². The van der Waals surface area contributed by atoms with E-state index in [1.54, 1.807) is 54.6 Å². The maximum Gasteiger partial charge on any atom is 0.336 e. The van der Waals surface area contributed by atoms with Crippen molar-refractivity contribution in [3.63, 3.8) is 0 Å². The Kier molecular flexibility index (Phi) is 4.74. The van der Waals surface area contributed by atoms with Crippen molar-refractivity contribution in [2.75, 3.05) is 4.72 Å². The third-order valence-electron chi connectivity index (χ3n) is 4.33. The van der Waals surface area contributed by atoms with Gasteiger partial charge in [0.25, 0.3) is 10.0 Å². The molecule has 3 aromatic carbocycles. The third-order valence-corrected chi connectivity index (χ3v) is 5.77. The first kappa shape index (κ1) is 18.6. The SMILES string of the molecule is O=C(c1ccccc1)c1ccccc1S(=O)(=O)Nc1ccc2oc(=O)ccc2c1. The van der Waals surface area contributed by atoms with Crippen LogP contribution in [0.3, 0.4) is 0 Å². The van der Waals surface area contributed by atoms with Gasteiger partial charge in [0, 0.05) is 28.3 Å². The van der Waals surface area contributed by atoms with Gasteiger partial charge in [-0.2, -0.15) is 0 Å². The molecule has 4 aromatic rings. The molecule has 0 spiro atoms. The number of carbonyl (C=O) groups excluding carboxylic acids is 1. The van der Waals surface area contributed by atoms with Crippen molar-refractivity contribution in [3.05, 3.63) is 106 Å². The predicted octanol–water partition coefficient (Wildman–Crippen LogP) is 3.82. The molecule has 4 rings (SSSR count). The van der Waals surface area contributed by atoms with Crippen molar-refractivity contribution in [3.8, 4) is 0 Å². The fourth-order valence-electron chi connectivity index (χ4n) is 2.98. The lowest BCUT2D eigenvalue weighted by molar-refractivity contribution is 0.103.